The van der Waals surface area contributed by atoms with Crippen LogP contribution in [0, 0.1) is 0 Å². The summed E-state index contributed by atoms with van der Waals surface area (Å²) >= 11 is 0. The average molecular weight is 206 g/mol. The van der Waals surface area contributed by atoms with Crippen molar-refractivity contribution in [2.75, 3.05) is 32.7 Å². The highest BCUT2D eigenvalue weighted by Gasteiger charge is 2.21. The molecule has 2 nitrogen and oxygen atoms in total. The Morgan fingerprint density at radius 1 is 1.00 bits per heavy atom. The van der Waals surface area contributed by atoms with E-state index in [1.807, 2.05) is 0 Å². The second-order valence-corrected chi connectivity index (χ2v) is 4.45. The van der Waals surface area contributed by atoms with Gasteiger partial charge < -0.3 is 4.90 Å². The van der Waals surface area contributed by atoms with Crippen molar-refractivity contribution >= 4 is 0 Å². The van der Waals surface area contributed by atoms with Crippen LogP contribution in [0.15, 0.2) is 24.3 Å². The van der Waals surface area contributed by atoms with E-state index in [1.54, 1.807) is 0 Å². The van der Waals surface area contributed by atoms with Gasteiger partial charge in [0.1, 0.15) is 0 Å². The van der Waals surface area contributed by atoms with E-state index in [0.717, 1.165) is 6.04 Å². The van der Waals surface area contributed by atoms with Gasteiger partial charge in [-0.2, -0.15) is 0 Å². The molecule has 0 bridgehead atoms. The van der Waals surface area contributed by atoms with Gasteiger partial charge in [-0.15, -0.1) is 0 Å². The summed E-state index contributed by atoms with van der Waals surface area (Å²) in [5.41, 5.74) is 0. The van der Waals surface area contributed by atoms with E-state index in [1.165, 1.54) is 45.6 Å². The van der Waals surface area contributed by atoms with Crippen molar-refractivity contribution in [1.82, 2.24) is 9.80 Å². The second-order valence-electron chi connectivity index (χ2n) is 4.45. The lowest BCUT2D eigenvalue weighted by Crippen LogP contribution is -2.49. The number of hydrogen-bond donors (Lipinski definition) is 0. The van der Waals surface area contributed by atoms with Crippen molar-refractivity contribution < 1.29 is 0 Å². The van der Waals surface area contributed by atoms with Gasteiger partial charge in [0.15, 0.2) is 0 Å². The summed E-state index contributed by atoms with van der Waals surface area (Å²) in [5, 5.41) is 0. The molecule has 0 aromatic rings. The number of likely N-dealkylation sites (N-methyl/N-ethyl adjacent to an activating group) is 1. The van der Waals surface area contributed by atoms with Gasteiger partial charge in [-0.05, 0) is 19.4 Å². The van der Waals surface area contributed by atoms with Crippen molar-refractivity contribution in [1.29, 1.82) is 0 Å². The third kappa shape index (κ3) is 2.93. The summed E-state index contributed by atoms with van der Waals surface area (Å²) in [6.07, 6.45) is 11.4. The van der Waals surface area contributed by atoms with E-state index in [2.05, 4.69) is 41.0 Å². The van der Waals surface area contributed by atoms with Crippen LogP contribution < -0.4 is 0 Å². The van der Waals surface area contributed by atoms with E-state index in [9.17, 15) is 0 Å². The van der Waals surface area contributed by atoms with E-state index in [4.69, 9.17) is 0 Å². The normalized spacial score (nSPS) is 25.7. The van der Waals surface area contributed by atoms with Crippen LogP contribution in [0.3, 0.4) is 0 Å². The molecule has 0 radical (unpaired) electrons. The van der Waals surface area contributed by atoms with E-state index in [0.29, 0.717) is 0 Å². The van der Waals surface area contributed by atoms with E-state index >= 15 is 0 Å². The van der Waals surface area contributed by atoms with Crippen molar-refractivity contribution in [3.05, 3.63) is 24.3 Å². The number of rotatable bonds is 2. The molecule has 0 atom stereocenters. The van der Waals surface area contributed by atoms with Crippen LogP contribution in [-0.4, -0.2) is 48.6 Å². The second kappa shape index (κ2) is 5.47. The minimum Gasteiger partial charge on any atom is -0.301 e. The highest BCUT2D eigenvalue weighted by atomic mass is 15.3. The van der Waals surface area contributed by atoms with Crippen LogP contribution in [-0.2, 0) is 0 Å². The zero-order valence-electron chi connectivity index (χ0n) is 9.73. The third-order valence-electron chi connectivity index (χ3n) is 3.57. The Morgan fingerprint density at radius 2 is 1.60 bits per heavy atom. The van der Waals surface area contributed by atoms with Crippen LogP contribution in [0.4, 0.5) is 0 Å². The molecule has 1 aliphatic heterocycles. The largest absolute Gasteiger partial charge is 0.301 e. The van der Waals surface area contributed by atoms with Crippen molar-refractivity contribution in [2.45, 2.75) is 25.8 Å². The number of hydrogen-bond acceptors (Lipinski definition) is 2. The van der Waals surface area contributed by atoms with Gasteiger partial charge in [0, 0.05) is 32.2 Å². The molecule has 1 saturated heterocycles. The Balaban J connectivity index is 1.84. The lowest BCUT2D eigenvalue weighted by molar-refractivity contribution is 0.101. The molecular formula is C13H22N2. The minimum atomic E-state index is 0.749. The Labute approximate surface area is 93.2 Å². The zero-order chi connectivity index (χ0) is 10.5. The Hall–Kier alpha value is -0.600. The third-order valence-corrected chi connectivity index (χ3v) is 3.57. The highest BCUT2D eigenvalue weighted by Crippen LogP contribution is 2.15. The van der Waals surface area contributed by atoms with Gasteiger partial charge in [0.25, 0.3) is 0 Å². The zero-order valence-corrected chi connectivity index (χ0v) is 9.73. The monoisotopic (exact) mass is 206 g/mol. The van der Waals surface area contributed by atoms with Crippen LogP contribution in [0.1, 0.15) is 19.8 Å². The van der Waals surface area contributed by atoms with E-state index < -0.39 is 0 Å². The summed E-state index contributed by atoms with van der Waals surface area (Å²) in [6, 6.07) is 0.749. The summed E-state index contributed by atoms with van der Waals surface area (Å²) in [7, 11) is 0. The molecule has 0 amide bonds. The maximum atomic E-state index is 2.66. The van der Waals surface area contributed by atoms with Gasteiger partial charge in [0.2, 0.25) is 0 Å². The molecule has 15 heavy (non-hydrogen) atoms. The molecule has 84 valence electrons. The summed E-state index contributed by atoms with van der Waals surface area (Å²) in [5.74, 6) is 0. The molecule has 0 aromatic heterocycles. The van der Waals surface area contributed by atoms with Crippen molar-refractivity contribution in [3.63, 3.8) is 0 Å². The Morgan fingerprint density at radius 3 is 2.13 bits per heavy atom. The molecule has 2 aliphatic rings. The maximum absolute atomic E-state index is 2.66. The van der Waals surface area contributed by atoms with Crippen LogP contribution >= 0.6 is 0 Å². The first-order chi connectivity index (χ1) is 7.40. The quantitative estimate of drug-likeness (QED) is 0.681. The maximum Gasteiger partial charge on any atom is 0.0165 e. The van der Waals surface area contributed by atoms with Gasteiger partial charge in [0.05, 0.1) is 0 Å². The predicted octanol–water partition coefficient (Wildman–Crippen LogP) is 1.90. The summed E-state index contributed by atoms with van der Waals surface area (Å²) < 4.78 is 0. The fourth-order valence-corrected chi connectivity index (χ4v) is 2.47. The Bertz CT molecular complexity index is 223. The fraction of sp³-hybridized carbons (Fsp3) is 0.692. The van der Waals surface area contributed by atoms with Crippen molar-refractivity contribution in [3.8, 4) is 0 Å². The molecule has 0 saturated carbocycles. The number of allylic oxidation sites excluding steroid dienone is 2. The lowest BCUT2D eigenvalue weighted by atomic mass is 10.1. The summed E-state index contributed by atoms with van der Waals surface area (Å²) in [4.78, 5) is 5.20. The fourth-order valence-electron chi connectivity index (χ4n) is 2.47. The highest BCUT2D eigenvalue weighted by molar-refractivity contribution is 5.08. The summed E-state index contributed by atoms with van der Waals surface area (Å²) in [6.45, 7) is 8.46. The standard InChI is InChI=1S/C13H22N2/c1-2-14-9-11-15(12-10-14)13-7-5-3-4-6-8-13/h3-6,13H,2,7-12H2,1H3. The molecule has 0 unspecified atom stereocenters. The van der Waals surface area contributed by atoms with Crippen molar-refractivity contribution in [2.24, 2.45) is 0 Å². The first kappa shape index (κ1) is 10.9. The lowest BCUT2D eigenvalue weighted by Gasteiger charge is -2.38. The van der Waals surface area contributed by atoms with Gasteiger partial charge in [-0.3, -0.25) is 4.90 Å². The molecule has 2 rings (SSSR count). The number of nitrogens with zero attached hydrogens (tertiary/aromatic N) is 2. The molecule has 0 spiro atoms. The molecule has 1 aliphatic carbocycles. The van der Waals surface area contributed by atoms with Gasteiger partial charge in [-0.25, -0.2) is 0 Å². The number of piperazine rings is 1. The average Bonchev–Trinajstić information content (AvgIpc) is 2.58. The predicted molar refractivity (Wildman–Crippen MR) is 65.0 cm³/mol. The SMILES string of the molecule is CCN1CCN(C2CC=CC=CC2)CC1. The first-order valence-electron chi connectivity index (χ1n) is 6.18. The Kier molecular flexibility index (Phi) is 3.98. The smallest absolute Gasteiger partial charge is 0.0165 e. The van der Waals surface area contributed by atoms with Crippen LogP contribution in [0.2, 0.25) is 0 Å². The molecular weight excluding hydrogens is 184 g/mol. The molecule has 1 heterocycles. The minimum absolute atomic E-state index is 0.749. The first-order valence-corrected chi connectivity index (χ1v) is 6.18. The van der Waals surface area contributed by atoms with E-state index in [-0.39, 0.29) is 0 Å². The van der Waals surface area contributed by atoms with Crippen LogP contribution in [0.5, 0.6) is 0 Å². The van der Waals surface area contributed by atoms with Crippen LogP contribution in [0.25, 0.3) is 0 Å². The molecule has 0 N–H and O–H groups in total. The van der Waals surface area contributed by atoms with Gasteiger partial charge >= 0.3 is 0 Å². The molecule has 0 aromatic carbocycles. The topological polar surface area (TPSA) is 6.48 Å². The molecule has 2 heteroatoms. The van der Waals surface area contributed by atoms with Gasteiger partial charge in [-0.1, -0.05) is 31.2 Å². The molecule has 1 fully saturated rings.